The Balaban J connectivity index is 2.26. The third-order valence-corrected chi connectivity index (χ3v) is 2.35. The van der Waals surface area contributed by atoms with Crippen molar-refractivity contribution in [1.82, 2.24) is 9.97 Å². The van der Waals surface area contributed by atoms with Gasteiger partial charge in [-0.05, 0) is 12.0 Å². The molecule has 0 atom stereocenters. The van der Waals surface area contributed by atoms with Crippen LogP contribution in [0.2, 0.25) is 5.02 Å². The standard InChI is InChI=1S/C10H5ClN2S/c11-9-5-8(6-12-7-9)1-2-10-13-3-4-14-10/h3-7H. The number of hydrogen-bond acceptors (Lipinski definition) is 3. The molecular formula is C10H5ClN2S. The number of pyridine rings is 1. The Morgan fingerprint density at radius 3 is 2.93 bits per heavy atom. The van der Waals surface area contributed by atoms with Gasteiger partial charge in [0.1, 0.15) is 0 Å². The quantitative estimate of drug-likeness (QED) is 0.638. The van der Waals surface area contributed by atoms with E-state index in [1.165, 1.54) is 11.3 Å². The smallest absolute Gasteiger partial charge is 0.167 e. The van der Waals surface area contributed by atoms with E-state index >= 15 is 0 Å². The molecule has 0 spiro atoms. The summed E-state index contributed by atoms with van der Waals surface area (Å²) in [6.45, 7) is 0. The van der Waals surface area contributed by atoms with Gasteiger partial charge in [-0.15, -0.1) is 11.3 Å². The van der Waals surface area contributed by atoms with Gasteiger partial charge >= 0.3 is 0 Å². The average molecular weight is 221 g/mol. The minimum Gasteiger partial charge on any atom is -0.262 e. The van der Waals surface area contributed by atoms with Crippen LogP contribution >= 0.6 is 22.9 Å². The van der Waals surface area contributed by atoms with E-state index in [2.05, 4.69) is 21.8 Å². The Morgan fingerprint density at radius 2 is 2.21 bits per heavy atom. The summed E-state index contributed by atoms with van der Waals surface area (Å²) in [7, 11) is 0. The monoisotopic (exact) mass is 220 g/mol. The van der Waals surface area contributed by atoms with Gasteiger partial charge in [0.15, 0.2) is 5.01 Å². The topological polar surface area (TPSA) is 25.8 Å². The zero-order valence-electron chi connectivity index (χ0n) is 7.07. The van der Waals surface area contributed by atoms with Crippen molar-refractivity contribution in [3.63, 3.8) is 0 Å². The van der Waals surface area contributed by atoms with Crippen LogP contribution in [0.4, 0.5) is 0 Å². The minimum atomic E-state index is 0.593. The zero-order chi connectivity index (χ0) is 9.80. The molecule has 2 aromatic rings. The second-order valence-corrected chi connectivity index (χ2v) is 3.81. The van der Waals surface area contributed by atoms with Gasteiger partial charge in [-0.2, -0.15) is 0 Å². The molecule has 2 nitrogen and oxygen atoms in total. The van der Waals surface area contributed by atoms with Crippen LogP contribution in [-0.4, -0.2) is 9.97 Å². The molecule has 0 aliphatic carbocycles. The molecule has 0 radical (unpaired) electrons. The maximum Gasteiger partial charge on any atom is 0.167 e. The van der Waals surface area contributed by atoms with Crippen LogP contribution < -0.4 is 0 Å². The number of thiazole rings is 1. The maximum atomic E-state index is 5.76. The molecule has 2 rings (SSSR count). The molecule has 0 aromatic carbocycles. The summed E-state index contributed by atoms with van der Waals surface area (Å²) in [6.07, 6.45) is 4.98. The molecule has 0 bridgehead atoms. The number of hydrogen-bond donors (Lipinski definition) is 0. The van der Waals surface area contributed by atoms with Crippen molar-refractivity contribution in [2.24, 2.45) is 0 Å². The van der Waals surface area contributed by atoms with Gasteiger partial charge in [-0.1, -0.05) is 17.5 Å². The second-order valence-electron chi connectivity index (χ2n) is 2.48. The molecule has 4 heteroatoms. The summed E-state index contributed by atoms with van der Waals surface area (Å²) in [6, 6.07) is 1.77. The first-order valence-corrected chi connectivity index (χ1v) is 5.12. The molecule has 0 aliphatic heterocycles. The highest BCUT2D eigenvalue weighted by molar-refractivity contribution is 7.10. The van der Waals surface area contributed by atoms with E-state index in [1.807, 2.05) is 5.38 Å². The van der Waals surface area contributed by atoms with Gasteiger partial charge < -0.3 is 0 Å². The van der Waals surface area contributed by atoms with E-state index in [9.17, 15) is 0 Å². The lowest BCUT2D eigenvalue weighted by atomic mass is 10.3. The molecule has 14 heavy (non-hydrogen) atoms. The van der Waals surface area contributed by atoms with Crippen LogP contribution in [-0.2, 0) is 0 Å². The Kier molecular flexibility index (Phi) is 2.78. The van der Waals surface area contributed by atoms with Gasteiger partial charge in [0.25, 0.3) is 0 Å². The first-order valence-electron chi connectivity index (χ1n) is 3.87. The third-order valence-electron chi connectivity index (χ3n) is 1.45. The summed E-state index contributed by atoms with van der Waals surface area (Å²) >= 11 is 7.27. The third kappa shape index (κ3) is 2.32. The molecule has 0 fully saturated rings. The van der Waals surface area contributed by atoms with E-state index in [0.29, 0.717) is 5.02 Å². The summed E-state index contributed by atoms with van der Waals surface area (Å²) in [5, 5.41) is 3.28. The fourth-order valence-corrected chi connectivity index (χ4v) is 1.55. The van der Waals surface area contributed by atoms with Crippen LogP contribution in [0.25, 0.3) is 0 Å². The van der Waals surface area contributed by atoms with E-state index < -0.39 is 0 Å². The van der Waals surface area contributed by atoms with Crippen molar-refractivity contribution in [3.05, 3.63) is 45.6 Å². The lowest BCUT2D eigenvalue weighted by Crippen LogP contribution is -1.77. The first-order chi connectivity index (χ1) is 6.84. The van der Waals surface area contributed by atoms with E-state index in [-0.39, 0.29) is 0 Å². The minimum absolute atomic E-state index is 0.593. The Bertz CT molecular complexity index is 482. The molecule has 0 unspecified atom stereocenters. The Labute approximate surface area is 90.6 Å². The summed E-state index contributed by atoms with van der Waals surface area (Å²) in [5.41, 5.74) is 0.799. The SMILES string of the molecule is Clc1cncc(C#Cc2nccs2)c1. The van der Waals surface area contributed by atoms with Crippen molar-refractivity contribution in [2.75, 3.05) is 0 Å². The van der Waals surface area contributed by atoms with Crippen molar-refractivity contribution >= 4 is 22.9 Å². The highest BCUT2D eigenvalue weighted by Crippen LogP contribution is 2.07. The largest absolute Gasteiger partial charge is 0.262 e. The summed E-state index contributed by atoms with van der Waals surface area (Å²) in [5.74, 6) is 5.87. The number of halogens is 1. The van der Waals surface area contributed by atoms with Crippen molar-refractivity contribution in [1.29, 1.82) is 0 Å². The molecule has 0 amide bonds. The molecule has 0 aliphatic rings. The number of nitrogens with zero attached hydrogens (tertiary/aromatic N) is 2. The second kappa shape index (κ2) is 4.23. The number of rotatable bonds is 0. The molecule has 0 N–H and O–H groups in total. The van der Waals surface area contributed by atoms with Crippen LogP contribution in [0.5, 0.6) is 0 Å². The molecule has 0 saturated carbocycles. The molecule has 2 aromatic heterocycles. The fourth-order valence-electron chi connectivity index (χ4n) is 0.891. The Morgan fingerprint density at radius 1 is 1.29 bits per heavy atom. The van der Waals surface area contributed by atoms with E-state index in [4.69, 9.17) is 11.6 Å². The van der Waals surface area contributed by atoms with Gasteiger partial charge in [-0.25, -0.2) is 4.98 Å². The number of aromatic nitrogens is 2. The highest BCUT2D eigenvalue weighted by Gasteiger charge is 1.90. The highest BCUT2D eigenvalue weighted by atomic mass is 35.5. The van der Waals surface area contributed by atoms with Gasteiger partial charge in [-0.3, -0.25) is 4.98 Å². The van der Waals surface area contributed by atoms with Gasteiger partial charge in [0, 0.05) is 29.5 Å². The van der Waals surface area contributed by atoms with Crippen LogP contribution in [0.1, 0.15) is 10.6 Å². The zero-order valence-corrected chi connectivity index (χ0v) is 8.64. The predicted molar refractivity (Wildman–Crippen MR) is 57.3 cm³/mol. The maximum absolute atomic E-state index is 5.76. The van der Waals surface area contributed by atoms with Crippen LogP contribution in [0.15, 0.2) is 30.0 Å². The van der Waals surface area contributed by atoms with Gasteiger partial charge in [0.2, 0.25) is 0 Å². The molecule has 0 saturated heterocycles. The first kappa shape index (κ1) is 9.20. The summed E-state index contributed by atoms with van der Waals surface area (Å²) < 4.78 is 0. The summed E-state index contributed by atoms with van der Waals surface area (Å²) in [4.78, 5) is 7.98. The predicted octanol–water partition coefficient (Wildman–Crippen LogP) is 2.59. The van der Waals surface area contributed by atoms with E-state index in [1.54, 1.807) is 24.7 Å². The molecule has 2 heterocycles. The molecule has 68 valence electrons. The van der Waals surface area contributed by atoms with Crippen LogP contribution in [0.3, 0.4) is 0 Å². The average Bonchev–Trinajstić information content (AvgIpc) is 2.67. The van der Waals surface area contributed by atoms with Crippen LogP contribution in [0, 0.1) is 11.8 Å². The molecular weight excluding hydrogens is 216 g/mol. The normalized spacial score (nSPS) is 9.21. The van der Waals surface area contributed by atoms with Crippen molar-refractivity contribution in [2.45, 2.75) is 0 Å². The van der Waals surface area contributed by atoms with Crippen molar-refractivity contribution < 1.29 is 0 Å². The Hall–Kier alpha value is -1.37. The van der Waals surface area contributed by atoms with Crippen molar-refractivity contribution in [3.8, 4) is 11.8 Å². The lowest BCUT2D eigenvalue weighted by Gasteiger charge is -1.88. The fraction of sp³-hybridized carbons (Fsp3) is 0. The van der Waals surface area contributed by atoms with E-state index in [0.717, 1.165) is 10.6 Å². The van der Waals surface area contributed by atoms with Gasteiger partial charge in [0.05, 0.1) is 5.02 Å². The lowest BCUT2D eigenvalue weighted by molar-refractivity contribution is 1.31.